The van der Waals surface area contributed by atoms with Gasteiger partial charge in [0.15, 0.2) is 11.5 Å². The molecular weight excluding hydrogens is 384 g/mol. The molecule has 2 heterocycles. The predicted molar refractivity (Wildman–Crippen MR) is 113 cm³/mol. The second-order valence-corrected chi connectivity index (χ2v) is 8.13. The lowest BCUT2D eigenvalue weighted by Crippen LogP contribution is -2.43. The fourth-order valence-corrected chi connectivity index (χ4v) is 3.64. The zero-order valence-corrected chi connectivity index (χ0v) is 18.3. The molecule has 1 saturated heterocycles. The summed E-state index contributed by atoms with van der Waals surface area (Å²) in [4.78, 5) is 19.2. The molecule has 1 N–H and O–H groups in total. The number of amides is 1. The number of nitrogens with one attached hydrogen (secondary N) is 1. The molecule has 1 amide bonds. The van der Waals surface area contributed by atoms with Gasteiger partial charge in [0.25, 0.3) is 0 Å². The second-order valence-electron chi connectivity index (χ2n) is 8.13. The quantitative estimate of drug-likeness (QED) is 0.672. The summed E-state index contributed by atoms with van der Waals surface area (Å²) in [5.41, 5.74) is 0.795. The number of benzene rings is 1. The monoisotopic (exact) mass is 416 g/mol. The summed E-state index contributed by atoms with van der Waals surface area (Å²) in [5.74, 6) is 3.06. The molecule has 1 aromatic carbocycles. The van der Waals surface area contributed by atoms with Gasteiger partial charge in [0.05, 0.1) is 26.7 Å². The number of rotatable bonds is 9. The van der Waals surface area contributed by atoms with E-state index in [2.05, 4.69) is 34.2 Å². The summed E-state index contributed by atoms with van der Waals surface area (Å²) in [5, 5.41) is 7.18. The van der Waals surface area contributed by atoms with Gasteiger partial charge in [0.2, 0.25) is 17.6 Å². The van der Waals surface area contributed by atoms with Crippen LogP contribution in [0.5, 0.6) is 11.5 Å². The molecule has 30 heavy (non-hydrogen) atoms. The maximum atomic E-state index is 12.5. The first-order valence-electron chi connectivity index (χ1n) is 10.5. The highest BCUT2D eigenvalue weighted by Crippen LogP contribution is 2.31. The first-order valence-corrected chi connectivity index (χ1v) is 10.5. The van der Waals surface area contributed by atoms with E-state index in [1.54, 1.807) is 14.2 Å². The predicted octanol–water partition coefficient (Wildman–Crippen LogP) is 3.13. The molecule has 1 atom stereocenters. The Morgan fingerprint density at radius 1 is 1.30 bits per heavy atom. The van der Waals surface area contributed by atoms with Crippen molar-refractivity contribution in [1.29, 1.82) is 0 Å². The van der Waals surface area contributed by atoms with Gasteiger partial charge in [-0.25, -0.2) is 0 Å². The maximum Gasteiger partial charge on any atom is 0.241 e. The number of hydrogen-bond donors (Lipinski definition) is 1. The molecule has 1 aliphatic rings. The van der Waals surface area contributed by atoms with Gasteiger partial charge in [-0.15, -0.1) is 0 Å². The average Bonchev–Trinajstić information content (AvgIpc) is 3.21. The highest BCUT2D eigenvalue weighted by molar-refractivity contribution is 5.78. The van der Waals surface area contributed by atoms with E-state index in [0.29, 0.717) is 42.2 Å². The zero-order chi connectivity index (χ0) is 21.5. The van der Waals surface area contributed by atoms with E-state index in [-0.39, 0.29) is 11.8 Å². The van der Waals surface area contributed by atoms with Crippen LogP contribution in [0.1, 0.15) is 39.0 Å². The number of carbonyl (C=O) groups is 1. The smallest absolute Gasteiger partial charge is 0.241 e. The van der Waals surface area contributed by atoms with Crippen LogP contribution in [0.25, 0.3) is 11.4 Å². The first-order chi connectivity index (χ1) is 14.5. The van der Waals surface area contributed by atoms with Crippen molar-refractivity contribution in [2.75, 3.05) is 33.9 Å². The minimum Gasteiger partial charge on any atom is -0.493 e. The molecule has 8 nitrogen and oxygen atoms in total. The van der Waals surface area contributed by atoms with Gasteiger partial charge in [-0.1, -0.05) is 19.0 Å². The molecule has 1 aliphatic heterocycles. The number of hydrogen-bond acceptors (Lipinski definition) is 7. The standard InChI is InChI=1S/C22H32N4O4/c1-15(2)9-10-23-22(27)17-6-5-11-26(13-17)14-20-24-21(25-30-20)16-7-8-18(28-3)19(12-16)29-4/h7-8,12,15,17H,5-6,9-11,13-14H2,1-4H3,(H,23,27)/t17-/m1/s1. The van der Waals surface area contributed by atoms with Crippen LogP contribution >= 0.6 is 0 Å². The van der Waals surface area contributed by atoms with Crippen LogP contribution in [-0.2, 0) is 11.3 Å². The van der Waals surface area contributed by atoms with Crippen LogP contribution in [0.4, 0.5) is 0 Å². The Bertz CT molecular complexity index is 836. The van der Waals surface area contributed by atoms with E-state index < -0.39 is 0 Å². The normalized spacial score (nSPS) is 17.2. The summed E-state index contributed by atoms with van der Waals surface area (Å²) in [6.45, 7) is 7.23. The molecule has 0 radical (unpaired) electrons. The molecule has 3 rings (SSSR count). The fourth-order valence-electron chi connectivity index (χ4n) is 3.64. The largest absolute Gasteiger partial charge is 0.493 e. The highest BCUT2D eigenvalue weighted by atomic mass is 16.5. The van der Waals surface area contributed by atoms with Gasteiger partial charge >= 0.3 is 0 Å². The van der Waals surface area contributed by atoms with E-state index in [1.165, 1.54) is 0 Å². The number of aromatic nitrogens is 2. The first kappa shape index (κ1) is 22.1. The third kappa shape index (κ3) is 5.72. The van der Waals surface area contributed by atoms with Crippen LogP contribution in [0.15, 0.2) is 22.7 Å². The summed E-state index contributed by atoms with van der Waals surface area (Å²) >= 11 is 0. The Morgan fingerprint density at radius 3 is 2.83 bits per heavy atom. The molecular formula is C22H32N4O4. The topological polar surface area (TPSA) is 89.7 Å². The van der Waals surface area contributed by atoms with Crippen LogP contribution in [0.3, 0.4) is 0 Å². The molecule has 0 unspecified atom stereocenters. The lowest BCUT2D eigenvalue weighted by Gasteiger charge is -2.30. The number of likely N-dealkylation sites (tertiary alicyclic amines) is 1. The van der Waals surface area contributed by atoms with E-state index >= 15 is 0 Å². The molecule has 164 valence electrons. The van der Waals surface area contributed by atoms with E-state index in [0.717, 1.165) is 37.9 Å². The summed E-state index contributed by atoms with van der Waals surface area (Å²) < 4.78 is 16.1. The van der Waals surface area contributed by atoms with E-state index in [4.69, 9.17) is 14.0 Å². The van der Waals surface area contributed by atoms with Gasteiger partial charge in [0.1, 0.15) is 0 Å². The van der Waals surface area contributed by atoms with Crippen molar-refractivity contribution in [1.82, 2.24) is 20.4 Å². The summed E-state index contributed by atoms with van der Waals surface area (Å²) in [6, 6.07) is 5.51. The Hall–Kier alpha value is -2.61. The van der Waals surface area contributed by atoms with Crippen molar-refractivity contribution in [3.05, 3.63) is 24.1 Å². The van der Waals surface area contributed by atoms with Crippen molar-refractivity contribution in [2.45, 2.75) is 39.7 Å². The third-order valence-electron chi connectivity index (χ3n) is 5.37. The number of ether oxygens (including phenoxy) is 2. The SMILES string of the molecule is COc1ccc(-c2noc(CN3CCC[C@@H](C(=O)NCCC(C)C)C3)n2)cc1OC. The minimum atomic E-state index is 0.0131. The summed E-state index contributed by atoms with van der Waals surface area (Å²) in [6.07, 6.45) is 2.91. The molecule has 0 bridgehead atoms. The van der Waals surface area contributed by atoms with Gasteiger partial charge in [-0.2, -0.15) is 4.98 Å². The molecule has 8 heteroatoms. The van der Waals surface area contributed by atoms with Gasteiger partial charge in [-0.3, -0.25) is 9.69 Å². The van der Waals surface area contributed by atoms with Crippen molar-refractivity contribution >= 4 is 5.91 Å². The Morgan fingerprint density at radius 2 is 2.10 bits per heavy atom. The van der Waals surface area contributed by atoms with Crippen molar-refractivity contribution in [3.63, 3.8) is 0 Å². The highest BCUT2D eigenvalue weighted by Gasteiger charge is 2.26. The van der Waals surface area contributed by atoms with Crippen molar-refractivity contribution in [3.8, 4) is 22.9 Å². The molecule has 0 saturated carbocycles. The van der Waals surface area contributed by atoms with Crippen molar-refractivity contribution in [2.24, 2.45) is 11.8 Å². The average molecular weight is 417 g/mol. The minimum absolute atomic E-state index is 0.0131. The van der Waals surface area contributed by atoms with Gasteiger partial charge < -0.3 is 19.3 Å². The van der Waals surface area contributed by atoms with Crippen LogP contribution in [0, 0.1) is 11.8 Å². The second kappa shape index (κ2) is 10.4. The van der Waals surface area contributed by atoms with Crippen molar-refractivity contribution < 1.29 is 18.8 Å². The lowest BCUT2D eigenvalue weighted by molar-refractivity contribution is -0.126. The van der Waals surface area contributed by atoms with Gasteiger partial charge in [0, 0.05) is 18.7 Å². The molecule has 2 aromatic rings. The van der Waals surface area contributed by atoms with Gasteiger partial charge in [-0.05, 0) is 49.9 Å². The number of nitrogens with zero attached hydrogens (tertiary/aromatic N) is 3. The molecule has 1 fully saturated rings. The van der Waals surface area contributed by atoms with E-state index in [9.17, 15) is 4.79 Å². The van der Waals surface area contributed by atoms with E-state index in [1.807, 2.05) is 18.2 Å². The number of piperidine rings is 1. The number of carbonyl (C=O) groups excluding carboxylic acids is 1. The summed E-state index contributed by atoms with van der Waals surface area (Å²) in [7, 11) is 3.19. The molecule has 1 aromatic heterocycles. The fraction of sp³-hybridized carbons (Fsp3) is 0.591. The zero-order valence-electron chi connectivity index (χ0n) is 18.3. The van der Waals surface area contributed by atoms with Crippen LogP contribution in [0.2, 0.25) is 0 Å². The van der Waals surface area contributed by atoms with Crippen LogP contribution in [-0.4, -0.2) is 54.8 Å². The molecule has 0 spiro atoms. The third-order valence-corrected chi connectivity index (χ3v) is 5.37. The lowest BCUT2D eigenvalue weighted by atomic mass is 9.97. The number of methoxy groups -OCH3 is 2. The molecule has 0 aliphatic carbocycles. The van der Waals surface area contributed by atoms with Crippen LogP contribution < -0.4 is 14.8 Å². The Kier molecular flexibility index (Phi) is 7.68. The Labute approximate surface area is 177 Å². The maximum absolute atomic E-state index is 12.5. The Balaban J connectivity index is 1.58.